The molecule has 0 bridgehead atoms. The zero-order chi connectivity index (χ0) is 22.1. The van der Waals surface area contributed by atoms with Gasteiger partial charge in [0.1, 0.15) is 0 Å². The molecular formula is C20H19Cl2N3O5. The number of nitrogens with one attached hydrogen (secondary N) is 3. The first-order valence-electron chi connectivity index (χ1n) is 8.81. The lowest BCUT2D eigenvalue weighted by atomic mass is 10.2. The zero-order valence-electron chi connectivity index (χ0n) is 16.0. The number of hydrogen-bond acceptors (Lipinski definition) is 5. The number of hydrogen-bond donors (Lipinski definition) is 3. The average Bonchev–Trinajstić information content (AvgIpc) is 2.72. The number of rotatable bonds is 7. The number of aryl methyl sites for hydroxylation is 1. The highest BCUT2D eigenvalue weighted by Gasteiger charge is 2.12. The van der Waals surface area contributed by atoms with Crippen LogP contribution < -0.4 is 16.2 Å². The Morgan fingerprint density at radius 2 is 1.60 bits per heavy atom. The van der Waals surface area contributed by atoms with E-state index in [1.807, 2.05) is 6.92 Å². The van der Waals surface area contributed by atoms with Gasteiger partial charge in [0.25, 0.3) is 11.8 Å². The summed E-state index contributed by atoms with van der Waals surface area (Å²) >= 11 is 11.7. The molecule has 2 rings (SSSR count). The van der Waals surface area contributed by atoms with Crippen molar-refractivity contribution < 1.29 is 23.9 Å². The van der Waals surface area contributed by atoms with Crippen molar-refractivity contribution in [2.45, 2.75) is 19.8 Å². The minimum absolute atomic E-state index is 0.227. The summed E-state index contributed by atoms with van der Waals surface area (Å²) in [4.78, 5) is 47.1. The van der Waals surface area contributed by atoms with Gasteiger partial charge in [-0.25, -0.2) is 0 Å². The van der Waals surface area contributed by atoms with Gasteiger partial charge in [0, 0.05) is 27.7 Å². The van der Waals surface area contributed by atoms with E-state index in [9.17, 15) is 19.2 Å². The molecule has 0 aliphatic carbocycles. The molecule has 3 N–H and O–H groups in total. The molecule has 0 spiro atoms. The Balaban J connectivity index is 1.65. The number of halogens is 2. The summed E-state index contributed by atoms with van der Waals surface area (Å²) in [6, 6.07) is 11.1. The summed E-state index contributed by atoms with van der Waals surface area (Å²) in [5, 5.41) is 3.52. The average molecular weight is 452 g/mol. The molecule has 0 atom stereocenters. The smallest absolute Gasteiger partial charge is 0.306 e. The Bertz CT molecular complexity index is 948. The lowest BCUT2D eigenvalue weighted by molar-refractivity contribution is -0.148. The fraction of sp³-hybridized carbons (Fsp3) is 0.200. The molecule has 30 heavy (non-hydrogen) atoms. The van der Waals surface area contributed by atoms with Gasteiger partial charge in [-0.3, -0.25) is 30.0 Å². The van der Waals surface area contributed by atoms with E-state index in [0.717, 1.165) is 5.56 Å². The molecule has 0 aromatic heterocycles. The van der Waals surface area contributed by atoms with Crippen molar-refractivity contribution in [3.63, 3.8) is 0 Å². The third-order valence-corrected chi connectivity index (χ3v) is 4.46. The van der Waals surface area contributed by atoms with Crippen LogP contribution in [0.5, 0.6) is 0 Å². The number of carbonyl (C=O) groups is 4. The third-order valence-electron chi connectivity index (χ3n) is 3.80. The van der Waals surface area contributed by atoms with Crippen LogP contribution in [0.15, 0.2) is 42.5 Å². The van der Waals surface area contributed by atoms with Crippen molar-refractivity contribution in [3.05, 3.63) is 63.6 Å². The molecule has 2 aromatic carbocycles. The first-order valence-corrected chi connectivity index (χ1v) is 9.56. The van der Waals surface area contributed by atoms with Crippen LogP contribution in [0.2, 0.25) is 10.0 Å². The van der Waals surface area contributed by atoms with Crippen molar-refractivity contribution >= 4 is 52.6 Å². The molecule has 0 saturated carbocycles. The van der Waals surface area contributed by atoms with Crippen LogP contribution in [0.3, 0.4) is 0 Å². The van der Waals surface area contributed by atoms with Crippen molar-refractivity contribution in [3.8, 4) is 0 Å². The summed E-state index contributed by atoms with van der Waals surface area (Å²) in [5.41, 5.74) is 6.05. The highest BCUT2D eigenvalue weighted by atomic mass is 35.5. The van der Waals surface area contributed by atoms with Crippen molar-refractivity contribution in [1.82, 2.24) is 10.9 Å². The van der Waals surface area contributed by atoms with Crippen molar-refractivity contribution in [2.75, 3.05) is 11.9 Å². The Kier molecular flexibility index (Phi) is 8.64. The van der Waals surface area contributed by atoms with Gasteiger partial charge >= 0.3 is 5.97 Å². The van der Waals surface area contributed by atoms with Crippen LogP contribution in [0, 0.1) is 6.92 Å². The lowest BCUT2D eigenvalue weighted by Crippen LogP contribution is -2.41. The number of esters is 1. The Morgan fingerprint density at radius 3 is 2.27 bits per heavy atom. The van der Waals surface area contributed by atoms with E-state index in [1.165, 1.54) is 24.3 Å². The van der Waals surface area contributed by atoms with Gasteiger partial charge < -0.3 is 10.1 Å². The van der Waals surface area contributed by atoms with Gasteiger partial charge in [-0.2, -0.15) is 0 Å². The van der Waals surface area contributed by atoms with Gasteiger partial charge in [-0.1, -0.05) is 29.3 Å². The first-order chi connectivity index (χ1) is 14.2. The van der Waals surface area contributed by atoms with E-state index in [2.05, 4.69) is 16.2 Å². The van der Waals surface area contributed by atoms with Crippen LogP contribution in [-0.4, -0.2) is 30.3 Å². The Morgan fingerprint density at radius 1 is 0.900 bits per heavy atom. The van der Waals surface area contributed by atoms with E-state index in [-0.39, 0.29) is 12.8 Å². The molecule has 0 aliphatic rings. The first kappa shape index (κ1) is 23.2. The summed E-state index contributed by atoms with van der Waals surface area (Å²) in [7, 11) is 0. The third kappa shape index (κ3) is 7.73. The van der Waals surface area contributed by atoms with Gasteiger partial charge in [0.2, 0.25) is 5.91 Å². The maximum Gasteiger partial charge on any atom is 0.306 e. The number of carbonyl (C=O) groups excluding carboxylic acids is 4. The maximum atomic E-state index is 11.9. The van der Waals surface area contributed by atoms with E-state index >= 15 is 0 Å². The molecule has 158 valence electrons. The van der Waals surface area contributed by atoms with E-state index in [4.69, 9.17) is 27.9 Å². The molecule has 0 aliphatic heterocycles. The largest absolute Gasteiger partial charge is 0.456 e. The fourth-order valence-corrected chi connectivity index (χ4v) is 2.47. The highest BCUT2D eigenvalue weighted by molar-refractivity contribution is 6.31. The van der Waals surface area contributed by atoms with Crippen LogP contribution in [0.1, 0.15) is 28.8 Å². The summed E-state index contributed by atoms with van der Waals surface area (Å²) in [6.07, 6.45) is -0.485. The van der Waals surface area contributed by atoms with E-state index in [0.29, 0.717) is 21.3 Å². The minimum atomic E-state index is -0.730. The second-order valence-electron chi connectivity index (χ2n) is 6.18. The van der Waals surface area contributed by atoms with Crippen LogP contribution in [0.4, 0.5) is 5.69 Å². The molecular weight excluding hydrogens is 433 g/mol. The molecule has 0 saturated heterocycles. The van der Waals surface area contributed by atoms with Crippen molar-refractivity contribution in [1.29, 1.82) is 0 Å². The normalized spacial score (nSPS) is 10.1. The number of anilines is 1. The summed E-state index contributed by atoms with van der Waals surface area (Å²) in [5.74, 6) is -2.39. The summed E-state index contributed by atoms with van der Waals surface area (Å²) < 4.78 is 4.82. The standard InChI is InChI=1S/C20H19Cl2N3O5/c1-12-2-7-15(10-16(12)22)23-18(27)11-30-19(28)9-8-17(26)24-25-20(29)13-3-5-14(21)6-4-13/h2-7,10H,8-9,11H2,1H3,(H,23,27)(H,24,26)(H,25,29). The predicted molar refractivity (Wildman–Crippen MR) is 112 cm³/mol. The molecule has 0 heterocycles. The van der Waals surface area contributed by atoms with Crippen LogP contribution in [-0.2, 0) is 19.1 Å². The molecule has 0 radical (unpaired) electrons. The molecule has 0 unspecified atom stereocenters. The maximum absolute atomic E-state index is 11.9. The van der Waals surface area contributed by atoms with Crippen LogP contribution >= 0.6 is 23.2 Å². The van der Waals surface area contributed by atoms with E-state index < -0.39 is 30.3 Å². The second-order valence-corrected chi connectivity index (χ2v) is 7.03. The number of hydrazine groups is 1. The number of benzene rings is 2. The monoisotopic (exact) mass is 451 g/mol. The van der Waals surface area contributed by atoms with Gasteiger partial charge in [-0.15, -0.1) is 0 Å². The van der Waals surface area contributed by atoms with E-state index in [1.54, 1.807) is 18.2 Å². The summed E-state index contributed by atoms with van der Waals surface area (Å²) in [6.45, 7) is 1.33. The second kappa shape index (κ2) is 11.2. The zero-order valence-corrected chi connectivity index (χ0v) is 17.5. The topological polar surface area (TPSA) is 114 Å². The van der Waals surface area contributed by atoms with Crippen LogP contribution in [0.25, 0.3) is 0 Å². The highest BCUT2D eigenvalue weighted by Crippen LogP contribution is 2.19. The lowest BCUT2D eigenvalue weighted by Gasteiger charge is -2.09. The Labute approximate surface area is 182 Å². The molecule has 10 heteroatoms. The molecule has 8 nitrogen and oxygen atoms in total. The molecule has 2 aromatic rings. The predicted octanol–water partition coefficient (Wildman–Crippen LogP) is 3.02. The van der Waals surface area contributed by atoms with Gasteiger partial charge in [-0.05, 0) is 48.9 Å². The molecule has 3 amide bonds. The number of ether oxygens (including phenoxy) is 1. The van der Waals surface area contributed by atoms with Gasteiger partial charge in [0.05, 0.1) is 6.42 Å². The number of amides is 3. The van der Waals surface area contributed by atoms with Crippen molar-refractivity contribution in [2.24, 2.45) is 0 Å². The Hall–Kier alpha value is -3.10. The fourth-order valence-electron chi connectivity index (χ4n) is 2.16. The van der Waals surface area contributed by atoms with Gasteiger partial charge in [0.15, 0.2) is 6.61 Å². The quantitative estimate of drug-likeness (QED) is 0.442. The molecule has 0 fully saturated rings. The minimum Gasteiger partial charge on any atom is -0.456 e. The SMILES string of the molecule is Cc1ccc(NC(=O)COC(=O)CCC(=O)NNC(=O)c2ccc(Cl)cc2)cc1Cl.